The summed E-state index contributed by atoms with van der Waals surface area (Å²) in [6.07, 6.45) is 2.15. The monoisotopic (exact) mass is 378 g/mol. The van der Waals surface area contributed by atoms with Gasteiger partial charge in [-0.1, -0.05) is 0 Å². The van der Waals surface area contributed by atoms with Crippen LogP contribution in [0.15, 0.2) is 47.4 Å². The van der Waals surface area contributed by atoms with Gasteiger partial charge in [-0.05, 0) is 74.8 Å². The molecular weight excluding hydrogens is 355 g/mol. The van der Waals surface area contributed by atoms with Gasteiger partial charge in [0.05, 0.1) is 4.90 Å². The van der Waals surface area contributed by atoms with Crippen LogP contribution in [-0.2, 0) is 10.0 Å². The molecule has 3 rings (SSSR count). The summed E-state index contributed by atoms with van der Waals surface area (Å²) >= 11 is 0. The second-order valence-electron chi connectivity index (χ2n) is 6.66. The normalized spacial score (nSPS) is 16.4. The van der Waals surface area contributed by atoms with Crippen LogP contribution in [0.5, 0.6) is 5.75 Å². The van der Waals surface area contributed by atoms with Crippen LogP contribution in [0.25, 0.3) is 0 Å². The van der Waals surface area contributed by atoms with Gasteiger partial charge >= 0.3 is 0 Å². The van der Waals surface area contributed by atoms with Crippen LogP contribution in [0.4, 0.5) is 10.1 Å². The molecule has 0 amide bonds. The molecule has 1 aliphatic heterocycles. The van der Waals surface area contributed by atoms with E-state index in [9.17, 15) is 12.8 Å². The maximum Gasteiger partial charge on any atom is 0.262 e. The van der Waals surface area contributed by atoms with Crippen LogP contribution in [0.3, 0.4) is 0 Å². The largest absolute Gasteiger partial charge is 0.490 e. The molecule has 1 N–H and O–H groups in total. The Morgan fingerprint density at radius 2 is 1.77 bits per heavy atom. The topological polar surface area (TPSA) is 58.6 Å². The smallest absolute Gasteiger partial charge is 0.262 e. The number of rotatable bonds is 5. The van der Waals surface area contributed by atoms with Crippen molar-refractivity contribution in [3.8, 4) is 5.75 Å². The van der Waals surface area contributed by atoms with Crippen LogP contribution in [-0.4, -0.2) is 39.6 Å². The van der Waals surface area contributed by atoms with Gasteiger partial charge in [-0.3, -0.25) is 4.72 Å². The number of sulfonamides is 1. The predicted molar refractivity (Wildman–Crippen MR) is 99.5 cm³/mol. The predicted octanol–water partition coefficient (Wildman–Crippen LogP) is 3.41. The summed E-state index contributed by atoms with van der Waals surface area (Å²) in [6.45, 7) is 3.59. The third kappa shape index (κ3) is 4.53. The molecule has 1 heterocycles. The van der Waals surface area contributed by atoms with E-state index in [-0.39, 0.29) is 11.0 Å². The van der Waals surface area contributed by atoms with Gasteiger partial charge in [0.2, 0.25) is 0 Å². The molecule has 0 atom stereocenters. The molecule has 140 valence electrons. The number of hydrogen-bond donors (Lipinski definition) is 1. The fraction of sp³-hybridized carbons (Fsp3) is 0.368. The zero-order valence-corrected chi connectivity index (χ0v) is 15.7. The number of aryl methyl sites for hydroxylation is 1. The van der Waals surface area contributed by atoms with Gasteiger partial charge in [0, 0.05) is 18.8 Å². The van der Waals surface area contributed by atoms with Gasteiger partial charge in [-0.15, -0.1) is 0 Å². The van der Waals surface area contributed by atoms with E-state index in [2.05, 4.69) is 16.7 Å². The molecular formula is C19H23FN2O3S. The van der Waals surface area contributed by atoms with Crippen molar-refractivity contribution in [2.75, 3.05) is 24.9 Å². The highest BCUT2D eigenvalue weighted by atomic mass is 32.2. The highest BCUT2D eigenvalue weighted by Gasteiger charge is 2.19. The van der Waals surface area contributed by atoms with Crippen LogP contribution >= 0.6 is 0 Å². The van der Waals surface area contributed by atoms with Gasteiger partial charge in [-0.2, -0.15) is 0 Å². The zero-order chi connectivity index (χ0) is 18.7. The van der Waals surface area contributed by atoms with E-state index in [1.807, 2.05) is 0 Å². The number of halogens is 1. The van der Waals surface area contributed by atoms with Crippen molar-refractivity contribution in [3.05, 3.63) is 53.8 Å². The molecule has 1 fully saturated rings. The fourth-order valence-corrected chi connectivity index (χ4v) is 4.31. The van der Waals surface area contributed by atoms with Crippen molar-refractivity contribution in [3.63, 3.8) is 0 Å². The number of piperidine rings is 1. The van der Waals surface area contributed by atoms with Gasteiger partial charge in [-0.25, -0.2) is 12.8 Å². The Morgan fingerprint density at radius 1 is 1.12 bits per heavy atom. The van der Waals surface area contributed by atoms with E-state index in [1.165, 1.54) is 12.1 Å². The summed E-state index contributed by atoms with van der Waals surface area (Å²) in [6, 6.07) is 10.5. The van der Waals surface area contributed by atoms with Crippen LogP contribution in [0.2, 0.25) is 0 Å². The molecule has 5 nitrogen and oxygen atoms in total. The standard InChI is InChI=1S/C19H23FN2O3S/c1-14-13-15(20)3-8-19(14)26(23,24)21-16-4-6-17(7-5-16)25-18-9-11-22(2)12-10-18/h3-8,13,18,21H,9-12H2,1-2H3. The lowest BCUT2D eigenvalue weighted by atomic mass is 10.1. The Morgan fingerprint density at radius 3 is 2.38 bits per heavy atom. The SMILES string of the molecule is Cc1cc(F)ccc1S(=O)(=O)Nc1ccc(OC2CCN(C)CC2)cc1. The minimum atomic E-state index is -3.77. The summed E-state index contributed by atoms with van der Waals surface area (Å²) in [5.41, 5.74) is 0.796. The van der Waals surface area contributed by atoms with Crippen molar-refractivity contribution in [1.29, 1.82) is 0 Å². The summed E-state index contributed by atoms with van der Waals surface area (Å²) in [7, 11) is -1.67. The number of anilines is 1. The molecule has 2 aromatic carbocycles. The average Bonchev–Trinajstić information content (AvgIpc) is 2.58. The minimum absolute atomic E-state index is 0.0607. The van der Waals surface area contributed by atoms with Crippen LogP contribution in [0.1, 0.15) is 18.4 Å². The first-order valence-electron chi connectivity index (χ1n) is 8.58. The number of hydrogen-bond acceptors (Lipinski definition) is 4. The van der Waals surface area contributed by atoms with Crippen molar-refractivity contribution < 1.29 is 17.5 Å². The van der Waals surface area contributed by atoms with E-state index in [0.29, 0.717) is 11.3 Å². The van der Waals surface area contributed by atoms with E-state index in [4.69, 9.17) is 4.74 Å². The van der Waals surface area contributed by atoms with Crippen LogP contribution < -0.4 is 9.46 Å². The highest BCUT2D eigenvalue weighted by Crippen LogP contribution is 2.24. The van der Waals surface area contributed by atoms with E-state index < -0.39 is 15.8 Å². The zero-order valence-electron chi connectivity index (χ0n) is 14.9. The molecule has 0 saturated carbocycles. The molecule has 0 aliphatic carbocycles. The summed E-state index contributed by atoms with van der Waals surface area (Å²) < 4.78 is 46.7. The van der Waals surface area contributed by atoms with Gasteiger partial charge in [0.25, 0.3) is 10.0 Å². The maximum absolute atomic E-state index is 13.2. The van der Waals surface area contributed by atoms with Crippen molar-refractivity contribution in [2.24, 2.45) is 0 Å². The first kappa shape index (κ1) is 18.7. The van der Waals surface area contributed by atoms with Crippen molar-refractivity contribution in [2.45, 2.75) is 30.8 Å². The number of likely N-dealkylation sites (tertiary alicyclic amines) is 1. The number of ether oxygens (including phenoxy) is 1. The van der Waals surface area contributed by atoms with Gasteiger partial charge in [0.1, 0.15) is 17.7 Å². The van der Waals surface area contributed by atoms with E-state index in [1.54, 1.807) is 31.2 Å². The van der Waals surface area contributed by atoms with Crippen molar-refractivity contribution in [1.82, 2.24) is 4.90 Å². The molecule has 0 spiro atoms. The number of benzene rings is 2. The first-order valence-corrected chi connectivity index (χ1v) is 10.1. The van der Waals surface area contributed by atoms with E-state index >= 15 is 0 Å². The average molecular weight is 378 g/mol. The third-order valence-electron chi connectivity index (χ3n) is 4.50. The lowest BCUT2D eigenvalue weighted by molar-refractivity contribution is 0.114. The molecule has 0 bridgehead atoms. The lowest BCUT2D eigenvalue weighted by Crippen LogP contribution is -2.35. The summed E-state index contributed by atoms with van der Waals surface area (Å²) in [5, 5.41) is 0. The third-order valence-corrected chi connectivity index (χ3v) is 6.04. The van der Waals surface area contributed by atoms with E-state index in [0.717, 1.165) is 37.7 Å². The second-order valence-corrected chi connectivity index (χ2v) is 8.31. The first-order chi connectivity index (χ1) is 12.3. The Labute approximate surface area is 153 Å². The maximum atomic E-state index is 13.2. The second kappa shape index (κ2) is 7.63. The molecule has 7 heteroatoms. The Hall–Kier alpha value is -2.12. The van der Waals surface area contributed by atoms with Gasteiger partial charge < -0.3 is 9.64 Å². The number of nitrogens with zero attached hydrogens (tertiary/aromatic N) is 1. The fourth-order valence-electron chi connectivity index (χ4n) is 3.02. The molecule has 1 aliphatic rings. The highest BCUT2D eigenvalue weighted by molar-refractivity contribution is 7.92. The van der Waals surface area contributed by atoms with Gasteiger partial charge in [0.15, 0.2) is 0 Å². The molecule has 26 heavy (non-hydrogen) atoms. The van der Waals surface area contributed by atoms with Crippen LogP contribution in [0, 0.1) is 12.7 Å². The lowest BCUT2D eigenvalue weighted by Gasteiger charge is -2.29. The molecule has 1 saturated heterocycles. The molecule has 2 aromatic rings. The Balaban J connectivity index is 1.67. The summed E-state index contributed by atoms with van der Waals surface area (Å²) in [5.74, 6) is 0.261. The summed E-state index contributed by atoms with van der Waals surface area (Å²) in [4.78, 5) is 2.33. The Bertz CT molecular complexity index is 861. The molecule has 0 radical (unpaired) electrons. The number of nitrogens with one attached hydrogen (secondary N) is 1. The quantitative estimate of drug-likeness (QED) is 0.866. The Kier molecular flexibility index (Phi) is 5.48. The molecule has 0 aromatic heterocycles. The minimum Gasteiger partial charge on any atom is -0.490 e. The van der Waals surface area contributed by atoms with Crippen molar-refractivity contribution >= 4 is 15.7 Å². The molecule has 0 unspecified atom stereocenters.